The Kier molecular flexibility index (Phi) is 7.99. The van der Waals surface area contributed by atoms with E-state index in [9.17, 15) is 20.0 Å². The van der Waals surface area contributed by atoms with Gasteiger partial charge in [-0.2, -0.15) is 5.10 Å². The normalized spacial score (nSPS) is 11.0. The molecule has 4 aromatic rings. The summed E-state index contributed by atoms with van der Waals surface area (Å²) >= 11 is 3.53. The largest absolute Gasteiger partial charge is 0.502 e. The number of hydrogen-bond acceptors (Lipinski definition) is 7. The van der Waals surface area contributed by atoms with Gasteiger partial charge in [-0.15, -0.1) is 0 Å². The van der Waals surface area contributed by atoms with Crippen LogP contribution < -0.4 is 14.9 Å². The predicted octanol–water partition coefficient (Wildman–Crippen LogP) is 5.96. The van der Waals surface area contributed by atoms with Crippen LogP contribution in [0.15, 0.2) is 82.4 Å². The van der Waals surface area contributed by atoms with Crippen molar-refractivity contribution in [2.75, 3.05) is 6.61 Å². The lowest BCUT2D eigenvalue weighted by atomic mass is 10.1. The van der Waals surface area contributed by atoms with Crippen molar-refractivity contribution in [3.05, 3.63) is 104 Å². The van der Waals surface area contributed by atoms with Gasteiger partial charge in [0.2, 0.25) is 5.75 Å². The van der Waals surface area contributed by atoms with E-state index in [-0.39, 0.29) is 5.56 Å². The lowest BCUT2D eigenvalue weighted by Gasteiger charge is -2.15. The van der Waals surface area contributed by atoms with Gasteiger partial charge in [-0.3, -0.25) is 14.9 Å². The first-order valence-corrected chi connectivity index (χ1v) is 12.0. The van der Waals surface area contributed by atoms with Gasteiger partial charge in [-0.25, -0.2) is 5.43 Å². The SMILES string of the molecule is CCOc1cc(/C=N\NC(=O)c2cccc([N+](=O)[O-])c2O)cc(Br)c1OCc1cccc2ccccc12. The average molecular weight is 564 g/mol. The molecule has 0 saturated heterocycles. The Morgan fingerprint density at radius 1 is 1.11 bits per heavy atom. The number of phenols is 1. The highest BCUT2D eigenvalue weighted by molar-refractivity contribution is 9.10. The fourth-order valence-corrected chi connectivity index (χ4v) is 4.30. The fraction of sp³-hybridized carbons (Fsp3) is 0.111. The smallest absolute Gasteiger partial charge is 0.311 e. The van der Waals surface area contributed by atoms with E-state index >= 15 is 0 Å². The molecule has 0 heterocycles. The molecule has 0 aliphatic carbocycles. The number of rotatable bonds is 9. The third-order valence-corrected chi connectivity index (χ3v) is 6.01. The van der Waals surface area contributed by atoms with E-state index in [1.165, 1.54) is 18.3 Å². The highest BCUT2D eigenvalue weighted by Crippen LogP contribution is 2.37. The van der Waals surface area contributed by atoms with E-state index in [0.29, 0.717) is 34.7 Å². The van der Waals surface area contributed by atoms with Crippen molar-refractivity contribution in [1.29, 1.82) is 0 Å². The summed E-state index contributed by atoms with van der Waals surface area (Å²) in [5.41, 5.74) is 3.06. The van der Waals surface area contributed by atoms with Crippen LogP contribution in [0.25, 0.3) is 10.8 Å². The summed E-state index contributed by atoms with van der Waals surface area (Å²) in [4.78, 5) is 22.6. The molecule has 0 aromatic heterocycles. The molecule has 37 heavy (non-hydrogen) atoms. The van der Waals surface area contributed by atoms with Gasteiger partial charge in [0.25, 0.3) is 5.91 Å². The number of nitro benzene ring substituents is 1. The van der Waals surface area contributed by atoms with Gasteiger partial charge in [0, 0.05) is 6.07 Å². The van der Waals surface area contributed by atoms with Crippen molar-refractivity contribution >= 4 is 44.5 Å². The molecule has 0 fully saturated rings. The summed E-state index contributed by atoms with van der Waals surface area (Å²) in [6, 6.07) is 21.3. The molecule has 0 unspecified atom stereocenters. The molecule has 0 saturated carbocycles. The topological polar surface area (TPSA) is 123 Å². The van der Waals surface area contributed by atoms with E-state index in [2.05, 4.69) is 26.5 Å². The van der Waals surface area contributed by atoms with Crippen molar-refractivity contribution < 1.29 is 24.3 Å². The Labute approximate surface area is 220 Å². The van der Waals surface area contributed by atoms with Crippen LogP contribution in [0.1, 0.15) is 28.4 Å². The van der Waals surface area contributed by atoms with Crippen LogP contribution in [-0.4, -0.2) is 28.8 Å². The van der Waals surface area contributed by atoms with Crippen molar-refractivity contribution in [2.24, 2.45) is 5.10 Å². The van der Waals surface area contributed by atoms with Crippen LogP contribution in [0.4, 0.5) is 5.69 Å². The van der Waals surface area contributed by atoms with Crippen LogP contribution in [0.2, 0.25) is 0 Å². The maximum Gasteiger partial charge on any atom is 0.311 e. The van der Waals surface area contributed by atoms with Gasteiger partial charge in [-0.05, 0) is 63.0 Å². The minimum atomic E-state index is -0.795. The number of hydrazone groups is 1. The standard InChI is InChI=1S/C27H22BrN3O6/c1-2-36-24-14-17(15-29-30-27(33)21-11-6-12-23(25(21)32)31(34)35)13-22(28)26(24)37-16-19-9-5-8-18-7-3-4-10-20(18)19/h3-15,32H,2,16H2,1H3,(H,30,33)/b29-15-. The molecule has 1 amide bonds. The molecule has 0 spiro atoms. The Balaban J connectivity index is 1.51. The minimum absolute atomic E-state index is 0.264. The first-order chi connectivity index (χ1) is 17.9. The lowest BCUT2D eigenvalue weighted by molar-refractivity contribution is -0.385. The summed E-state index contributed by atoms with van der Waals surface area (Å²) in [7, 11) is 0. The van der Waals surface area contributed by atoms with Crippen molar-refractivity contribution in [2.45, 2.75) is 13.5 Å². The second-order valence-electron chi connectivity index (χ2n) is 7.82. The number of para-hydroxylation sites is 1. The molecular weight excluding hydrogens is 542 g/mol. The van der Waals surface area contributed by atoms with Crippen LogP contribution in [0.3, 0.4) is 0 Å². The third-order valence-electron chi connectivity index (χ3n) is 5.42. The molecule has 9 nitrogen and oxygen atoms in total. The summed E-state index contributed by atoms with van der Waals surface area (Å²) in [6.07, 6.45) is 1.38. The van der Waals surface area contributed by atoms with Crippen LogP contribution in [-0.2, 0) is 6.61 Å². The maximum absolute atomic E-state index is 12.4. The monoisotopic (exact) mass is 563 g/mol. The van der Waals surface area contributed by atoms with Gasteiger partial charge in [0.15, 0.2) is 11.5 Å². The first kappa shape index (κ1) is 25.6. The molecule has 0 atom stereocenters. The fourth-order valence-electron chi connectivity index (χ4n) is 3.72. The van der Waals surface area contributed by atoms with Gasteiger partial charge in [-0.1, -0.05) is 48.5 Å². The van der Waals surface area contributed by atoms with Crippen LogP contribution in [0.5, 0.6) is 17.2 Å². The minimum Gasteiger partial charge on any atom is -0.502 e. The Morgan fingerprint density at radius 3 is 2.65 bits per heavy atom. The van der Waals surface area contributed by atoms with Crippen LogP contribution >= 0.6 is 15.9 Å². The predicted molar refractivity (Wildman–Crippen MR) is 143 cm³/mol. The highest BCUT2D eigenvalue weighted by atomic mass is 79.9. The number of nitrogens with zero attached hydrogens (tertiary/aromatic N) is 2. The number of carbonyl (C=O) groups excluding carboxylic acids is 1. The molecular formula is C27H22BrN3O6. The Bertz CT molecular complexity index is 1500. The number of nitrogens with one attached hydrogen (secondary N) is 1. The summed E-state index contributed by atoms with van der Waals surface area (Å²) < 4.78 is 12.6. The van der Waals surface area contributed by atoms with Crippen molar-refractivity contribution in [1.82, 2.24) is 5.43 Å². The van der Waals surface area contributed by atoms with E-state index in [0.717, 1.165) is 22.4 Å². The zero-order valence-electron chi connectivity index (χ0n) is 19.7. The lowest BCUT2D eigenvalue weighted by Crippen LogP contribution is -2.18. The van der Waals surface area contributed by atoms with Gasteiger partial charge < -0.3 is 14.6 Å². The molecule has 0 aliphatic heterocycles. The third kappa shape index (κ3) is 5.87. The number of halogens is 1. The zero-order chi connectivity index (χ0) is 26.4. The number of benzene rings is 4. The summed E-state index contributed by atoms with van der Waals surface area (Å²) in [5.74, 6) is -0.510. The number of phenolic OH excluding ortho intramolecular Hbond substituents is 1. The summed E-state index contributed by atoms with van der Waals surface area (Å²) in [5, 5.41) is 27.1. The number of aromatic hydroxyl groups is 1. The number of amides is 1. The molecule has 2 N–H and O–H groups in total. The van der Waals surface area contributed by atoms with E-state index < -0.39 is 22.3 Å². The van der Waals surface area contributed by atoms with Gasteiger partial charge in [0.1, 0.15) is 6.61 Å². The van der Waals surface area contributed by atoms with Gasteiger partial charge >= 0.3 is 5.69 Å². The number of carbonyl (C=O) groups is 1. The Morgan fingerprint density at radius 2 is 1.86 bits per heavy atom. The van der Waals surface area contributed by atoms with Crippen molar-refractivity contribution in [3.63, 3.8) is 0 Å². The number of hydrogen-bond donors (Lipinski definition) is 2. The molecule has 0 bridgehead atoms. The van der Waals surface area contributed by atoms with Crippen molar-refractivity contribution in [3.8, 4) is 17.2 Å². The quantitative estimate of drug-likeness (QED) is 0.147. The Hall–Kier alpha value is -4.44. The van der Waals surface area contributed by atoms with E-state index in [4.69, 9.17) is 9.47 Å². The number of ether oxygens (including phenoxy) is 2. The molecule has 10 heteroatoms. The number of fused-ring (bicyclic) bond motifs is 1. The van der Waals surface area contributed by atoms with E-state index in [1.54, 1.807) is 12.1 Å². The van der Waals surface area contributed by atoms with Gasteiger partial charge in [0.05, 0.1) is 27.8 Å². The molecule has 0 aliphatic rings. The molecule has 188 valence electrons. The first-order valence-electron chi connectivity index (χ1n) is 11.2. The number of nitro groups is 1. The second-order valence-corrected chi connectivity index (χ2v) is 8.67. The average Bonchev–Trinajstić information content (AvgIpc) is 2.88. The van der Waals surface area contributed by atoms with E-state index in [1.807, 2.05) is 49.4 Å². The van der Waals surface area contributed by atoms with Crippen LogP contribution in [0, 0.1) is 10.1 Å². The maximum atomic E-state index is 12.4. The highest BCUT2D eigenvalue weighted by Gasteiger charge is 2.20. The molecule has 0 radical (unpaired) electrons. The zero-order valence-corrected chi connectivity index (χ0v) is 21.3. The summed E-state index contributed by atoms with van der Waals surface area (Å²) in [6.45, 7) is 2.59. The molecule has 4 aromatic carbocycles. The second kappa shape index (κ2) is 11.5. The molecule has 4 rings (SSSR count).